The summed E-state index contributed by atoms with van der Waals surface area (Å²) < 4.78 is 0. The third kappa shape index (κ3) is 0.756. The number of H-pyrrole nitrogens is 1. The zero-order valence-corrected chi connectivity index (χ0v) is 6.98. The van der Waals surface area contributed by atoms with Crippen molar-refractivity contribution in [2.45, 2.75) is 0 Å². The molecule has 14 heavy (non-hydrogen) atoms. The predicted octanol–water partition coefficient (Wildman–Crippen LogP) is 0.246. The first-order valence-electron chi connectivity index (χ1n) is 4.05. The molecule has 5 nitrogen and oxygen atoms in total. The lowest BCUT2D eigenvalue weighted by molar-refractivity contribution is 0.256. The smallest absolute Gasteiger partial charge is 0.368 e. The number of aromatic hydroxyl groups is 1. The summed E-state index contributed by atoms with van der Waals surface area (Å²) in [5, 5.41) is 11.9. The number of nitrogens with zero attached hydrogens (tertiary/aromatic N) is 2. The van der Waals surface area contributed by atoms with E-state index in [-0.39, 0.29) is 11.1 Å². The minimum absolute atomic E-state index is 0.0123. The van der Waals surface area contributed by atoms with Crippen LogP contribution in [-0.4, -0.2) is 16.1 Å². The molecule has 2 amide bonds. The third-order valence-electron chi connectivity index (χ3n) is 2.21. The third-order valence-corrected chi connectivity index (χ3v) is 2.21. The molecular weight excluding hydrogens is 182 g/mol. The molecule has 2 heterocycles. The molecule has 0 spiro atoms. The SMILES string of the molecule is O=C1N=c2c(O)cc3c[nH]cc3c2=N1. The fourth-order valence-electron chi connectivity index (χ4n) is 1.60. The van der Waals surface area contributed by atoms with Crippen LogP contribution >= 0.6 is 0 Å². The second kappa shape index (κ2) is 2.20. The average molecular weight is 187 g/mol. The number of amides is 2. The van der Waals surface area contributed by atoms with Gasteiger partial charge in [-0.15, -0.1) is 0 Å². The first-order valence-corrected chi connectivity index (χ1v) is 4.05. The normalized spacial score (nSPS) is 13.9. The summed E-state index contributed by atoms with van der Waals surface area (Å²) in [5.41, 5.74) is 0. The van der Waals surface area contributed by atoms with Gasteiger partial charge < -0.3 is 10.1 Å². The lowest BCUT2D eigenvalue weighted by Gasteiger charge is -1.91. The molecule has 0 radical (unpaired) electrons. The molecule has 5 heteroatoms. The van der Waals surface area contributed by atoms with E-state index in [1.807, 2.05) is 0 Å². The van der Waals surface area contributed by atoms with Gasteiger partial charge in [-0.25, -0.2) is 4.79 Å². The van der Waals surface area contributed by atoms with Gasteiger partial charge in [-0.3, -0.25) is 0 Å². The number of hydrogen-bond donors (Lipinski definition) is 2. The molecule has 0 saturated heterocycles. The molecule has 0 unspecified atom stereocenters. The van der Waals surface area contributed by atoms with E-state index in [9.17, 15) is 9.90 Å². The highest BCUT2D eigenvalue weighted by Crippen LogP contribution is 2.12. The van der Waals surface area contributed by atoms with E-state index in [1.165, 1.54) is 0 Å². The van der Waals surface area contributed by atoms with Gasteiger partial charge in [-0.05, 0) is 6.07 Å². The van der Waals surface area contributed by atoms with Crippen LogP contribution in [-0.2, 0) is 0 Å². The molecule has 2 aromatic rings. The van der Waals surface area contributed by atoms with Gasteiger partial charge in [0.2, 0.25) is 0 Å². The molecule has 0 atom stereocenters. The Hall–Kier alpha value is -2.17. The number of aromatic nitrogens is 1. The maximum Gasteiger partial charge on any atom is 0.368 e. The summed E-state index contributed by atoms with van der Waals surface area (Å²) in [6.45, 7) is 0. The van der Waals surface area contributed by atoms with Crippen LogP contribution in [0.3, 0.4) is 0 Å². The van der Waals surface area contributed by atoms with Crippen LogP contribution in [0.2, 0.25) is 0 Å². The Labute approximate surface area is 77.4 Å². The van der Waals surface area contributed by atoms with Gasteiger partial charge in [-0.1, -0.05) is 0 Å². The summed E-state index contributed by atoms with van der Waals surface area (Å²) in [6, 6.07) is 0.992. The van der Waals surface area contributed by atoms with E-state index in [1.54, 1.807) is 18.5 Å². The average Bonchev–Trinajstić information content (AvgIpc) is 2.69. The molecule has 0 bridgehead atoms. The van der Waals surface area contributed by atoms with Crippen molar-refractivity contribution in [2.75, 3.05) is 0 Å². The highest BCUT2D eigenvalue weighted by atomic mass is 16.3. The molecule has 0 aliphatic carbocycles. The van der Waals surface area contributed by atoms with Crippen LogP contribution in [0.1, 0.15) is 0 Å². The van der Waals surface area contributed by atoms with E-state index < -0.39 is 6.03 Å². The number of phenols is 1. The van der Waals surface area contributed by atoms with Crippen molar-refractivity contribution in [3.8, 4) is 5.75 Å². The van der Waals surface area contributed by atoms with Crippen molar-refractivity contribution in [3.63, 3.8) is 0 Å². The number of rotatable bonds is 0. The monoisotopic (exact) mass is 187 g/mol. The van der Waals surface area contributed by atoms with Crippen LogP contribution in [0.5, 0.6) is 5.75 Å². The Morgan fingerprint density at radius 1 is 1.21 bits per heavy atom. The Balaban J connectivity index is 2.71. The number of aromatic amines is 1. The lowest BCUT2D eigenvalue weighted by atomic mass is 10.2. The number of carbonyl (C=O) groups excluding carboxylic acids is 1. The molecule has 3 rings (SSSR count). The summed E-state index contributed by atoms with van der Waals surface area (Å²) in [7, 11) is 0. The summed E-state index contributed by atoms with van der Waals surface area (Å²) in [5.74, 6) is -0.0123. The van der Waals surface area contributed by atoms with E-state index in [4.69, 9.17) is 0 Å². The zero-order chi connectivity index (χ0) is 9.71. The minimum Gasteiger partial charge on any atom is -0.506 e. The number of hydrogen-bond acceptors (Lipinski definition) is 2. The van der Waals surface area contributed by atoms with Gasteiger partial charge in [0, 0.05) is 23.2 Å². The second-order valence-electron chi connectivity index (χ2n) is 3.06. The first-order chi connectivity index (χ1) is 6.75. The Morgan fingerprint density at radius 3 is 2.86 bits per heavy atom. The van der Waals surface area contributed by atoms with Crippen LogP contribution < -0.4 is 10.7 Å². The minimum atomic E-state index is -0.566. The van der Waals surface area contributed by atoms with Crippen LogP contribution in [0.4, 0.5) is 4.79 Å². The fraction of sp³-hybridized carbons (Fsp3) is 0. The summed E-state index contributed by atoms with van der Waals surface area (Å²) in [6.07, 6.45) is 3.46. The second-order valence-corrected chi connectivity index (χ2v) is 3.06. The molecule has 2 N–H and O–H groups in total. The van der Waals surface area contributed by atoms with Crippen LogP contribution in [0.15, 0.2) is 28.4 Å². The molecule has 1 aromatic carbocycles. The number of fused-ring (bicyclic) bond motifs is 3. The first kappa shape index (κ1) is 7.25. The largest absolute Gasteiger partial charge is 0.506 e. The standard InChI is InChI=1S/C9H5N3O2/c13-6-1-4-2-10-3-5(4)7-8(6)12-9(14)11-7/h1-3,10,13H. The van der Waals surface area contributed by atoms with Crippen molar-refractivity contribution in [2.24, 2.45) is 9.98 Å². The zero-order valence-electron chi connectivity index (χ0n) is 6.98. The van der Waals surface area contributed by atoms with E-state index >= 15 is 0 Å². The van der Waals surface area contributed by atoms with Gasteiger partial charge in [0.25, 0.3) is 0 Å². The highest BCUT2D eigenvalue weighted by Gasteiger charge is 2.12. The topological polar surface area (TPSA) is 77.8 Å². The fourth-order valence-corrected chi connectivity index (χ4v) is 1.60. The number of benzene rings is 1. The predicted molar refractivity (Wildman–Crippen MR) is 47.7 cm³/mol. The number of urea groups is 1. The lowest BCUT2D eigenvalue weighted by Crippen LogP contribution is -2.22. The van der Waals surface area contributed by atoms with Crippen molar-refractivity contribution in [3.05, 3.63) is 29.2 Å². The molecule has 1 aliphatic rings. The number of nitrogens with one attached hydrogen (secondary N) is 1. The molecular formula is C9H5N3O2. The number of carbonyl (C=O) groups is 1. The van der Waals surface area contributed by atoms with Crippen LogP contribution in [0.25, 0.3) is 10.8 Å². The maximum absolute atomic E-state index is 11.0. The van der Waals surface area contributed by atoms with Gasteiger partial charge in [0.05, 0.1) is 0 Å². The molecule has 68 valence electrons. The van der Waals surface area contributed by atoms with Crippen molar-refractivity contribution in [1.82, 2.24) is 4.98 Å². The van der Waals surface area contributed by atoms with Gasteiger partial charge in [0.15, 0.2) is 0 Å². The van der Waals surface area contributed by atoms with Gasteiger partial charge in [-0.2, -0.15) is 9.98 Å². The number of phenolic OH excluding ortho intramolecular Hbond substituents is 1. The van der Waals surface area contributed by atoms with Crippen LogP contribution in [0, 0.1) is 0 Å². The van der Waals surface area contributed by atoms with E-state index in [0.717, 1.165) is 10.8 Å². The quantitative estimate of drug-likeness (QED) is 0.620. The molecule has 0 saturated carbocycles. The molecule has 1 aromatic heterocycles. The van der Waals surface area contributed by atoms with Crippen molar-refractivity contribution < 1.29 is 9.90 Å². The summed E-state index contributed by atoms with van der Waals surface area (Å²) in [4.78, 5) is 21.2. The van der Waals surface area contributed by atoms with Crippen molar-refractivity contribution >= 4 is 16.8 Å². The van der Waals surface area contributed by atoms with Gasteiger partial charge in [0.1, 0.15) is 16.5 Å². The van der Waals surface area contributed by atoms with Crippen molar-refractivity contribution in [1.29, 1.82) is 0 Å². The molecule has 0 fully saturated rings. The highest BCUT2D eigenvalue weighted by molar-refractivity contribution is 5.87. The van der Waals surface area contributed by atoms with Gasteiger partial charge >= 0.3 is 6.03 Å². The van der Waals surface area contributed by atoms with E-state index in [0.29, 0.717) is 5.36 Å². The molecule has 1 aliphatic heterocycles. The Kier molecular flexibility index (Phi) is 1.14. The van der Waals surface area contributed by atoms with E-state index in [2.05, 4.69) is 15.0 Å². The summed E-state index contributed by atoms with van der Waals surface area (Å²) >= 11 is 0. The maximum atomic E-state index is 11.0. The Bertz CT molecular complexity index is 669. The Morgan fingerprint density at radius 2 is 2.00 bits per heavy atom.